The Bertz CT molecular complexity index is 917. The molecular weight excluding hydrogens is 372 g/mol. The third-order valence-electron chi connectivity index (χ3n) is 4.36. The molecule has 0 spiro atoms. The molecule has 1 aliphatic rings. The minimum atomic E-state index is -3.38. The Morgan fingerprint density at radius 2 is 2.04 bits per heavy atom. The molecule has 0 bridgehead atoms. The van der Waals surface area contributed by atoms with E-state index in [1.165, 1.54) is 18.3 Å². The summed E-state index contributed by atoms with van der Waals surface area (Å²) in [5, 5.41) is 1.93. The lowest BCUT2D eigenvalue weighted by Crippen LogP contribution is -2.58. The van der Waals surface area contributed by atoms with E-state index in [1.54, 1.807) is 36.4 Å². The summed E-state index contributed by atoms with van der Waals surface area (Å²) >= 11 is 0. The molecule has 0 radical (unpaired) electrons. The van der Waals surface area contributed by atoms with E-state index < -0.39 is 21.0 Å². The number of sulfone groups is 1. The first-order chi connectivity index (χ1) is 12.9. The minimum Gasteiger partial charge on any atom is -0.497 e. The van der Waals surface area contributed by atoms with E-state index in [2.05, 4.69) is 5.32 Å². The number of furan rings is 1. The predicted molar refractivity (Wildman–Crippen MR) is 97.0 cm³/mol. The number of rotatable bonds is 7. The van der Waals surface area contributed by atoms with E-state index in [4.69, 9.17) is 9.15 Å². The molecule has 1 fully saturated rings. The van der Waals surface area contributed by atoms with E-state index in [0.717, 1.165) is 0 Å². The molecule has 8 nitrogen and oxygen atoms in total. The van der Waals surface area contributed by atoms with Gasteiger partial charge >= 0.3 is 0 Å². The highest BCUT2D eigenvalue weighted by molar-refractivity contribution is 7.91. The van der Waals surface area contributed by atoms with Crippen LogP contribution in [0.5, 0.6) is 5.75 Å². The van der Waals surface area contributed by atoms with Crippen LogP contribution in [0.1, 0.15) is 16.1 Å². The van der Waals surface area contributed by atoms with Gasteiger partial charge < -0.3 is 19.4 Å². The molecule has 0 saturated carbocycles. The van der Waals surface area contributed by atoms with Crippen LogP contribution in [0, 0.1) is 0 Å². The summed E-state index contributed by atoms with van der Waals surface area (Å²) in [6.45, 7) is 0.0504. The average molecular weight is 392 g/mol. The second-order valence-electron chi connectivity index (χ2n) is 6.22. The molecule has 1 aliphatic heterocycles. The fraction of sp³-hybridized carbons (Fsp3) is 0.333. The number of benzene rings is 1. The molecule has 1 aromatic carbocycles. The third kappa shape index (κ3) is 4.48. The van der Waals surface area contributed by atoms with Gasteiger partial charge in [0, 0.05) is 18.7 Å². The van der Waals surface area contributed by atoms with Crippen molar-refractivity contribution in [2.24, 2.45) is 0 Å². The number of nitrogens with one attached hydrogen (secondary N) is 1. The number of hydrogen-bond donors (Lipinski definition) is 1. The van der Waals surface area contributed by atoms with Crippen LogP contribution in [0.2, 0.25) is 0 Å². The SMILES string of the molecule is COc1cccc(C(=O)NCC(=O)N2CC(S(=O)(=O)Cc3ccco3)C2)c1. The van der Waals surface area contributed by atoms with Gasteiger partial charge in [-0.3, -0.25) is 9.59 Å². The second-order valence-corrected chi connectivity index (χ2v) is 8.50. The van der Waals surface area contributed by atoms with E-state index in [-0.39, 0.29) is 31.3 Å². The standard InChI is InChI=1S/C18H20N2O6S/c1-25-14-5-2-4-13(8-14)18(22)19-9-17(21)20-10-16(11-20)27(23,24)12-15-6-3-7-26-15/h2-8,16H,9-12H2,1H3,(H,19,22). The van der Waals surface area contributed by atoms with Crippen molar-refractivity contribution < 1.29 is 27.2 Å². The normalized spacial score (nSPS) is 14.5. The Hall–Kier alpha value is -2.81. The van der Waals surface area contributed by atoms with Gasteiger partial charge in [-0.05, 0) is 30.3 Å². The Labute approximate surface area is 157 Å². The van der Waals surface area contributed by atoms with Crippen LogP contribution >= 0.6 is 0 Å². The van der Waals surface area contributed by atoms with Crippen molar-refractivity contribution in [1.82, 2.24) is 10.2 Å². The number of nitrogens with zero attached hydrogens (tertiary/aromatic N) is 1. The zero-order chi connectivity index (χ0) is 19.4. The molecule has 3 rings (SSSR count). The molecule has 0 atom stereocenters. The fourth-order valence-electron chi connectivity index (χ4n) is 2.71. The van der Waals surface area contributed by atoms with Crippen LogP contribution < -0.4 is 10.1 Å². The van der Waals surface area contributed by atoms with Crippen molar-refractivity contribution in [3.63, 3.8) is 0 Å². The lowest BCUT2D eigenvalue weighted by atomic mass is 10.2. The van der Waals surface area contributed by atoms with Gasteiger partial charge in [-0.25, -0.2) is 8.42 Å². The largest absolute Gasteiger partial charge is 0.497 e. The summed E-state index contributed by atoms with van der Waals surface area (Å²) in [7, 11) is -1.88. The van der Waals surface area contributed by atoms with Gasteiger partial charge in [0.05, 0.1) is 25.2 Å². The highest BCUT2D eigenvalue weighted by Gasteiger charge is 2.39. The molecule has 9 heteroatoms. The Balaban J connectivity index is 1.47. The van der Waals surface area contributed by atoms with E-state index in [0.29, 0.717) is 17.1 Å². The Kier molecular flexibility index (Phi) is 5.50. The van der Waals surface area contributed by atoms with Crippen LogP contribution in [-0.2, 0) is 20.4 Å². The molecule has 144 valence electrons. The fourth-order valence-corrected chi connectivity index (χ4v) is 4.32. The predicted octanol–water partition coefficient (Wildman–Crippen LogP) is 0.844. The number of carbonyl (C=O) groups is 2. The van der Waals surface area contributed by atoms with Crippen molar-refractivity contribution in [2.45, 2.75) is 11.0 Å². The number of hydrogen-bond acceptors (Lipinski definition) is 6. The third-order valence-corrected chi connectivity index (χ3v) is 6.37. The first kappa shape index (κ1) is 19.0. The summed E-state index contributed by atoms with van der Waals surface area (Å²) < 4.78 is 34.7. The molecule has 2 heterocycles. The van der Waals surface area contributed by atoms with Crippen LogP contribution in [0.15, 0.2) is 47.1 Å². The van der Waals surface area contributed by atoms with Crippen LogP contribution in [0.4, 0.5) is 0 Å². The van der Waals surface area contributed by atoms with Gasteiger partial charge in [0.15, 0.2) is 9.84 Å². The zero-order valence-electron chi connectivity index (χ0n) is 14.8. The first-order valence-corrected chi connectivity index (χ1v) is 10.0. The molecule has 2 amide bonds. The molecule has 0 unspecified atom stereocenters. The summed E-state index contributed by atoms with van der Waals surface area (Å²) in [6.07, 6.45) is 1.42. The van der Waals surface area contributed by atoms with Gasteiger partial charge in [-0.2, -0.15) is 0 Å². The summed E-state index contributed by atoms with van der Waals surface area (Å²) in [5.74, 6) is 0.0198. The van der Waals surface area contributed by atoms with E-state index in [1.807, 2.05) is 0 Å². The van der Waals surface area contributed by atoms with Crippen molar-refractivity contribution in [3.05, 3.63) is 54.0 Å². The average Bonchev–Trinajstić information content (AvgIpc) is 3.10. The topological polar surface area (TPSA) is 106 Å². The number of amides is 2. The summed E-state index contributed by atoms with van der Waals surface area (Å²) in [4.78, 5) is 25.7. The first-order valence-electron chi connectivity index (χ1n) is 8.33. The maximum atomic E-state index is 12.3. The lowest BCUT2D eigenvalue weighted by molar-refractivity contribution is -0.133. The molecule has 2 aromatic rings. The number of methoxy groups -OCH3 is 1. The van der Waals surface area contributed by atoms with Crippen molar-refractivity contribution in [2.75, 3.05) is 26.7 Å². The van der Waals surface area contributed by atoms with Gasteiger partial charge in [0.1, 0.15) is 17.3 Å². The van der Waals surface area contributed by atoms with Crippen LogP contribution in [0.3, 0.4) is 0 Å². The zero-order valence-corrected chi connectivity index (χ0v) is 15.6. The highest BCUT2D eigenvalue weighted by atomic mass is 32.2. The Morgan fingerprint density at radius 3 is 2.70 bits per heavy atom. The lowest BCUT2D eigenvalue weighted by Gasteiger charge is -2.38. The van der Waals surface area contributed by atoms with Crippen LogP contribution in [-0.4, -0.2) is 57.1 Å². The van der Waals surface area contributed by atoms with Gasteiger partial charge in [0.2, 0.25) is 5.91 Å². The van der Waals surface area contributed by atoms with E-state index >= 15 is 0 Å². The molecule has 1 aromatic heterocycles. The van der Waals surface area contributed by atoms with Crippen molar-refractivity contribution >= 4 is 21.7 Å². The second kappa shape index (κ2) is 7.83. The van der Waals surface area contributed by atoms with Gasteiger partial charge in [0.25, 0.3) is 5.91 Å². The summed E-state index contributed by atoms with van der Waals surface area (Å²) in [5.41, 5.74) is 0.379. The van der Waals surface area contributed by atoms with Gasteiger partial charge in [-0.1, -0.05) is 6.07 Å². The molecule has 0 aliphatic carbocycles. The molecule has 1 N–H and O–H groups in total. The van der Waals surface area contributed by atoms with Crippen molar-refractivity contribution in [1.29, 1.82) is 0 Å². The van der Waals surface area contributed by atoms with Crippen molar-refractivity contribution in [3.8, 4) is 5.75 Å². The molecule has 1 saturated heterocycles. The molecule has 27 heavy (non-hydrogen) atoms. The monoisotopic (exact) mass is 392 g/mol. The Morgan fingerprint density at radius 1 is 1.26 bits per heavy atom. The maximum absolute atomic E-state index is 12.3. The minimum absolute atomic E-state index is 0.122. The maximum Gasteiger partial charge on any atom is 0.251 e. The van der Waals surface area contributed by atoms with Crippen LogP contribution in [0.25, 0.3) is 0 Å². The quantitative estimate of drug-likeness (QED) is 0.749. The highest BCUT2D eigenvalue weighted by Crippen LogP contribution is 2.20. The number of carbonyl (C=O) groups excluding carboxylic acids is 2. The smallest absolute Gasteiger partial charge is 0.251 e. The summed E-state index contributed by atoms with van der Waals surface area (Å²) in [6, 6.07) is 9.81. The number of ether oxygens (including phenoxy) is 1. The molecular formula is C18H20N2O6S. The number of likely N-dealkylation sites (tertiary alicyclic amines) is 1. The van der Waals surface area contributed by atoms with Gasteiger partial charge in [-0.15, -0.1) is 0 Å². The van der Waals surface area contributed by atoms with E-state index in [9.17, 15) is 18.0 Å².